The van der Waals surface area contributed by atoms with Crippen LogP contribution in [0.2, 0.25) is 0 Å². The van der Waals surface area contributed by atoms with Crippen LogP contribution in [0.15, 0.2) is 0 Å². The van der Waals surface area contributed by atoms with Crippen LogP contribution in [0.4, 0.5) is 0 Å². The fourth-order valence-electron chi connectivity index (χ4n) is 1.76. The lowest BCUT2D eigenvalue weighted by Gasteiger charge is -2.16. The Labute approximate surface area is 73.9 Å². The maximum atomic E-state index is 10.9. The molecule has 2 N–H and O–H groups in total. The van der Waals surface area contributed by atoms with Crippen LogP contribution < -0.4 is 10.6 Å². The molecule has 0 aromatic heterocycles. The molecule has 1 amide bonds. The summed E-state index contributed by atoms with van der Waals surface area (Å²) in [6.07, 6.45) is 3.82. The molecule has 0 aromatic carbocycles. The summed E-state index contributed by atoms with van der Waals surface area (Å²) in [5.41, 5.74) is 0. The number of amides is 1. The van der Waals surface area contributed by atoms with Crippen molar-refractivity contribution in [3.63, 3.8) is 0 Å². The molecule has 2 atom stereocenters. The van der Waals surface area contributed by atoms with Crippen molar-refractivity contribution >= 4 is 5.91 Å². The molecule has 0 spiro atoms. The minimum Gasteiger partial charge on any atom is -0.358 e. The van der Waals surface area contributed by atoms with Crippen molar-refractivity contribution in [3.8, 4) is 0 Å². The lowest BCUT2D eigenvalue weighted by Crippen LogP contribution is -2.39. The Morgan fingerprint density at radius 2 is 2.25 bits per heavy atom. The van der Waals surface area contributed by atoms with E-state index in [0.717, 1.165) is 5.92 Å². The number of nitrogens with one attached hydrogen (secondary N) is 2. The molecule has 1 rings (SSSR count). The second-order valence-electron chi connectivity index (χ2n) is 3.57. The predicted molar refractivity (Wildman–Crippen MR) is 48.9 cm³/mol. The minimum atomic E-state index is 0.0779. The van der Waals surface area contributed by atoms with Crippen molar-refractivity contribution in [1.29, 1.82) is 0 Å². The van der Waals surface area contributed by atoms with Gasteiger partial charge in [0.15, 0.2) is 0 Å². The third-order valence-electron chi connectivity index (χ3n) is 2.67. The van der Waals surface area contributed by atoms with Crippen molar-refractivity contribution in [3.05, 3.63) is 0 Å². The van der Waals surface area contributed by atoms with E-state index in [1.54, 1.807) is 7.05 Å². The van der Waals surface area contributed by atoms with Crippen molar-refractivity contribution in [2.75, 3.05) is 13.6 Å². The van der Waals surface area contributed by atoms with Gasteiger partial charge in [0.2, 0.25) is 5.91 Å². The number of rotatable bonds is 3. The van der Waals surface area contributed by atoms with Crippen molar-refractivity contribution in [2.24, 2.45) is 5.92 Å². The van der Waals surface area contributed by atoms with Crippen LogP contribution in [0.3, 0.4) is 0 Å². The molecule has 3 heteroatoms. The molecule has 0 aliphatic heterocycles. The zero-order valence-electron chi connectivity index (χ0n) is 7.89. The summed E-state index contributed by atoms with van der Waals surface area (Å²) < 4.78 is 0. The molecule has 1 fully saturated rings. The third kappa shape index (κ3) is 2.48. The minimum absolute atomic E-state index is 0.0779. The van der Waals surface area contributed by atoms with Gasteiger partial charge in [0.25, 0.3) is 0 Å². The normalized spacial score (nSPS) is 28.8. The van der Waals surface area contributed by atoms with Gasteiger partial charge >= 0.3 is 0 Å². The summed E-state index contributed by atoms with van der Waals surface area (Å²) in [6.45, 7) is 2.71. The first-order chi connectivity index (χ1) is 5.74. The van der Waals surface area contributed by atoms with Crippen LogP contribution in [-0.2, 0) is 4.79 Å². The SMILES string of the molecule is CNC(=O)CNC1CCCC1C. The molecule has 2 unspecified atom stereocenters. The zero-order valence-corrected chi connectivity index (χ0v) is 7.89. The van der Waals surface area contributed by atoms with Gasteiger partial charge in [-0.25, -0.2) is 0 Å². The van der Waals surface area contributed by atoms with Gasteiger partial charge in [0, 0.05) is 13.1 Å². The molecular formula is C9H18N2O. The van der Waals surface area contributed by atoms with E-state index >= 15 is 0 Å². The molecule has 1 saturated carbocycles. The fraction of sp³-hybridized carbons (Fsp3) is 0.889. The van der Waals surface area contributed by atoms with Crippen LogP contribution in [0.1, 0.15) is 26.2 Å². The van der Waals surface area contributed by atoms with Crippen molar-refractivity contribution < 1.29 is 4.79 Å². The third-order valence-corrected chi connectivity index (χ3v) is 2.67. The molecule has 3 nitrogen and oxygen atoms in total. The molecular weight excluding hydrogens is 152 g/mol. The quantitative estimate of drug-likeness (QED) is 0.648. The van der Waals surface area contributed by atoms with Crippen molar-refractivity contribution in [2.45, 2.75) is 32.2 Å². The van der Waals surface area contributed by atoms with Gasteiger partial charge in [-0.15, -0.1) is 0 Å². The summed E-state index contributed by atoms with van der Waals surface area (Å²) in [6, 6.07) is 0.558. The maximum absolute atomic E-state index is 10.9. The van der Waals surface area contributed by atoms with Gasteiger partial charge in [0.1, 0.15) is 0 Å². The molecule has 0 aromatic rings. The highest BCUT2D eigenvalue weighted by Gasteiger charge is 2.22. The largest absolute Gasteiger partial charge is 0.358 e. The molecule has 1 aliphatic rings. The van der Waals surface area contributed by atoms with Crippen LogP contribution in [0.25, 0.3) is 0 Å². The number of carbonyl (C=O) groups is 1. The van der Waals surface area contributed by atoms with Crippen LogP contribution in [-0.4, -0.2) is 25.5 Å². The number of hydrogen-bond acceptors (Lipinski definition) is 2. The zero-order chi connectivity index (χ0) is 8.97. The average Bonchev–Trinajstić information content (AvgIpc) is 2.47. The Kier molecular flexibility index (Phi) is 3.53. The van der Waals surface area contributed by atoms with E-state index in [9.17, 15) is 4.79 Å². The smallest absolute Gasteiger partial charge is 0.233 e. The standard InChI is InChI=1S/C9H18N2O/c1-7-4-3-5-8(7)11-6-9(12)10-2/h7-8,11H,3-6H2,1-2H3,(H,10,12). The summed E-state index contributed by atoms with van der Waals surface area (Å²) in [5, 5.41) is 5.87. The summed E-state index contributed by atoms with van der Waals surface area (Å²) in [4.78, 5) is 10.9. The van der Waals surface area contributed by atoms with E-state index < -0.39 is 0 Å². The highest BCUT2D eigenvalue weighted by atomic mass is 16.1. The Morgan fingerprint density at radius 3 is 2.75 bits per heavy atom. The van der Waals surface area contributed by atoms with E-state index in [2.05, 4.69) is 17.6 Å². The first-order valence-corrected chi connectivity index (χ1v) is 4.68. The summed E-state index contributed by atoms with van der Waals surface area (Å²) in [7, 11) is 1.67. The first kappa shape index (κ1) is 9.52. The topological polar surface area (TPSA) is 41.1 Å². The van der Waals surface area contributed by atoms with E-state index in [4.69, 9.17) is 0 Å². The predicted octanol–water partition coefficient (Wildman–Crippen LogP) is 0.511. The van der Waals surface area contributed by atoms with Gasteiger partial charge in [-0.3, -0.25) is 4.79 Å². The Hall–Kier alpha value is -0.570. The Bertz CT molecular complexity index is 159. The fourth-order valence-corrected chi connectivity index (χ4v) is 1.76. The second-order valence-corrected chi connectivity index (χ2v) is 3.57. The second kappa shape index (κ2) is 4.45. The monoisotopic (exact) mass is 170 g/mol. The number of carbonyl (C=O) groups excluding carboxylic acids is 1. The summed E-state index contributed by atoms with van der Waals surface area (Å²) in [5.74, 6) is 0.809. The molecule has 0 radical (unpaired) electrons. The van der Waals surface area contributed by atoms with Gasteiger partial charge in [0.05, 0.1) is 6.54 Å². The Balaban J connectivity index is 2.18. The number of hydrogen-bond donors (Lipinski definition) is 2. The van der Waals surface area contributed by atoms with Gasteiger partial charge < -0.3 is 10.6 Å². The van der Waals surface area contributed by atoms with E-state index in [1.165, 1.54) is 19.3 Å². The van der Waals surface area contributed by atoms with Gasteiger partial charge in [-0.2, -0.15) is 0 Å². The lowest BCUT2D eigenvalue weighted by atomic mass is 10.1. The van der Waals surface area contributed by atoms with Gasteiger partial charge in [-0.1, -0.05) is 13.3 Å². The molecule has 1 aliphatic carbocycles. The van der Waals surface area contributed by atoms with Crippen LogP contribution in [0, 0.1) is 5.92 Å². The molecule has 0 heterocycles. The molecule has 70 valence electrons. The summed E-state index contributed by atoms with van der Waals surface area (Å²) >= 11 is 0. The number of likely N-dealkylation sites (N-methyl/N-ethyl adjacent to an activating group) is 1. The average molecular weight is 170 g/mol. The van der Waals surface area contributed by atoms with Gasteiger partial charge in [-0.05, 0) is 18.8 Å². The molecule has 12 heavy (non-hydrogen) atoms. The van der Waals surface area contributed by atoms with E-state index in [-0.39, 0.29) is 5.91 Å². The highest BCUT2D eigenvalue weighted by Crippen LogP contribution is 2.24. The van der Waals surface area contributed by atoms with E-state index in [0.29, 0.717) is 12.6 Å². The first-order valence-electron chi connectivity index (χ1n) is 4.68. The molecule has 0 bridgehead atoms. The Morgan fingerprint density at radius 1 is 1.50 bits per heavy atom. The highest BCUT2D eigenvalue weighted by molar-refractivity contribution is 5.77. The van der Waals surface area contributed by atoms with Crippen LogP contribution >= 0.6 is 0 Å². The maximum Gasteiger partial charge on any atom is 0.233 e. The van der Waals surface area contributed by atoms with E-state index in [1.807, 2.05) is 0 Å². The lowest BCUT2D eigenvalue weighted by molar-refractivity contribution is -0.119. The van der Waals surface area contributed by atoms with Crippen LogP contribution in [0.5, 0.6) is 0 Å². The van der Waals surface area contributed by atoms with Crippen molar-refractivity contribution in [1.82, 2.24) is 10.6 Å². The molecule has 0 saturated heterocycles.